The monoisotopic (exact) mass is 1230 g/mol. The number of anilines is 8. The molecule has 4 aliphatic rings. The summed E-state index contributed by atoms with van der Waals surface area (Å²) in [5.41, 5.74) is 27.8. The Balaban J connectivity index is 1.08. The summed E-state index contributed by atoms with van der Waals surface area (Å²) in [4.78, 5) is 7.84. The third-order valence-electron chi connectivity index (χ3n) is 20.6. The van der Waals surface area contributed by atoms with Gasteiger partial charge in [-0.2, -0.15) is 0 Å². The molecule has 0 unspecified atom stereocenters. The van der Waals surface area contributed by atoms with E-state index in [1.54, 1.807) is 0 Å². The molecule has 0 aromatic heterocycles. The summed E-state index contributed by atoms with van der Waals surface area (Å²) < 4.78 is 7.53. The first kappa shape index (κ1) is 59.6. The minimum absolute atomic E-state index is 0.0152. The van der Waals surface area contributed by atoms with Crippen LogP contribution in [0.15, 0.2) is 279 Å². The predicted octanol–water partition coefficient (Wildman–Crippen LogP) is 22.1. The van der Waals surface area contributed by atoms with Gasteiger partial charge in [0.15, 0.2) is 0 Å². The lowest BCUT2D eigenvalue weighted by molar-refractivity contribution is 0.435. The van der Waals surface area contributed by atoms with Gasteiger partial charge >= 0.3 is 0 Å². The van der Waals surface area contributed by atoms with E-state index in [0.29, 0.717) is 0 Å². The quantitative estimate of drug-likeness (QED) is 0.141. The smallest absolute Gasteiger partial charge is 0.252 e. The van der Waals surface area contributed by atoms with Gasteiger partial charge in [-0.1, -0.05) is 287 Å². The van der Waals surface area contributed by atoms with Crippen LogP contribution in [0.4, 0.5) is 45.5 Å². The molecule has 464 valence electrons. The summed E-state index contributed by atoms with van der Waals surface area (Å²) in [5, 5.41) is 0. The van der Waals surface area contributed by atoms with Gasteiger partial charge in [0.2, 0.25) is 0 Å². The Hall–Kier alpha value is -10.4. The molecule has 0 atom stereocenters. The maximum atomic E-state index is 7.53. The molecule has 0 aliphatic carbocycles. The summed E-state index contributed by atoms with van der Waals surface area (Å²) in [6.45, 7) is 25.5. The molecule has 0 spiro atoms. The summed E-state index contributed by atoms with van der Waals surface area (Å²) in [7, 11) is 0. The highest BCUT2D eigenvalue weighted by Crippen LogP contribution is 2.58. The molecular formula is C90H80BN3O. The van der Waals surface area contributed by atoms with E-state index in [2.05, 4.69) is 376 Å². The highest BCUT2D eigenvalue weighted by atomic mass is 16.5. The molecule has 12 aromatic carbocycles. The second kappa shape index (κ2) is 22.1. The van der Waals surface area contributed by atoms with Crippen LogP contribution in [-0.4, -0.2) is 12.3 Å². The molecule has 95 heavy (non-hydrogen) atoms. The molecule has 12 aromatic rings. The van der Waals surface area contributed by atoms with E-state index >= 15 is 0 Å². The van der Waals surface area contributed by atoms with Gasteiger partial charge in [-0.05, 0) is 157 Å². The Bertz CT molecular complexity index is 4960. The standard InChI is InChI=1S/C90H80BN3O/c1-86(2,3)66-44-47-76-61(50-66)48-49-89(10,11)94(76)69-45-46-74-79(56-69)92(77-41-27-24-38-70(77)59-30-16-12-17-31-59)81-53-63(62-51-67(87(4,5)6)55-68(52-62)88(7,8)9)54-82-85(81)91(74)75-57-73-84(58-80(75)93(82)78-42-28-25-39-71(78)60-32-18-13-19-33-60)95-83-43-29-26-40-72(83)90(73,64-34-20-14-21-35-64)65-36-22-15-23-37-65/h12-58H,1-11H3. The molecule has 0 saturated carbocycles. The van der Waals surface area contributed by atoms with Crippen molar-refractivity contribution in [3.05, 3.63) is 324 Å². The van der Waals surface area contributed by atoms with E-state index in [9.17, 15) is 0 Å². The maximum Gasteiger partial charge on any atom is 0.252 e. The van der Waals surface area contributed by atoms with Crippen LogP contribution in [0.1, 0.15) is 121 Å². The summed E-state index contributed by atoms with van der Waals surface area (Å²) in [6, 6.07) is 103. The molecule has 0 saturated heterocycles. The average Bonchev–Trinajstić information content (AvgIpc) is 0.683. The van der Waals surface area contributed by atoms with Gasteiger partial charge in [-0.25, -0.2) is 0 Å². The topological polar surface area (TPSA) is 19.0 Å². The van der Waals surface area contributed by atoms with Crippen molar-refractivity contribution >= 4 is 74.7 Å². The fraction of sp³-hybridized carbons (Fsp3) is 0.178. The fourth-order valence-electron chi connectivity index (χ4n) is 15.7. The Morgan fingerprint density at radius 2 is 0.842 bits per heavy atom. The number of rotatable bonds is 8. The van der Waals surface area contributed by atoms with E-state index in [-0.39, 0.29) is 28.5 Å². The van der Waals surface area contributed by atoms with Crippen molar-refractivity contribution in [3.8, 4) is 44.9 Å². The van der Waals surface area contributed by atoms with Gasteiger partial charge in [0.25, 0.3) is 6.71 Å². The zero-order valence-corrected chi connectivity index (χ0v) is 56.5. The van der Waals surface area contributed by atoms with Crippen LogP contribution in [0.2, 0.25) is 0 Å². The largest absolute Gasteiger partial charge is 0.457 e. The van der Waals surface area contributed by atoms with Crippen molar-refractivity contribution in [2.75, 3.05) is 14.7 Å². The second-order valence-electron chi connectivity index (χ2n) is 30.2. The van der Waals surface area contributed by atoms with E-state index in [1.165, 1.54) is 61.0 Å². The first-order valence-corrected chi connectivity index (χ1v) is 33.8. The van der Waals surface area contributed by atoms with Crippen LogP contribution >= 0.6 is 0 Å². The van der Waals surface area contributed by atoms with Gasteiger partial charge in [0.1, 0.15) is 11.5 Å². The van der Waals surface area contributed by atoms with E-state index in [1.807, 2.05) is 0 Å². The molecule has 4 aliphatic heterocycles. The van der Waals surface area contributed by atoms with Gasteiger partial charge in [-0.15, -0.1) is 0 Å². The van der Waals surface area contributed by atoms with Crippen LogP contribution in [-0.2, 0) is 21.7 Å². The Morgan fingerprint density at radius 1 is 0.347 bits per heavy atom. The van der Waals surface area contributed by atoms with Gasteiger partial charge in [0.05, 0.1) is 22.3 Å². The third kappa shape index (κ3) is 9.79. The van der Waals surface area contributed by atoms with Crippen molar-refractivity contribution < 1.29 is 4.74 Å². The number of benzene rings is 12. The van der Waals surface area contributed by atoms with E-state index < -0.39 is 5.41 Å². The van der Waals surface area contributed by atoms with Crippen molar-refractivity contribution in [1.29, 1.82) is 0 Å². The van der Waals surface area contributed by atoms with Crippen LogP contribution in [0, 0.1) is 0 Å². The number of nitrogens with zero attached hydrogens (tertiary/aromatic N) is 3. The molecule has 0 amide bonds. The minimum atomic E-state index is -0.778. The fourth-order valence-corrected chi connectivity index (χ4v) is 15.7. The Morgan fingerprint density at radius 3 is 1.40 bits per heavy atom. The molecular weight excluding hydrogens is 1150 g/mol. The first-order valence-electron chi connectivity index (χ1n) is 33.8. The molecule has 0 radical (unpaired) electrons. The molecule has 4 heterocycles. The molecule has 0 fully saturated rings. The highest BCUT2D eigenvalue weighted by molar-refractivity contribution is 7.00. The molecule has 5 heteroatoms. The number of hydrogen-bond donors (Lipinski definition) is 0. The predicted molar refractivity (Wildman–Crippen MR) is 403 cm³/mol. The lowest BCUT2D eigenvalue weighted by atomic mass is 9.33. The first-order chi connectivity index (χ1) is 45.8. The van der Waals surface area contributed by atoms with Crippen molar-refractivity contribution in [1.82, 2.24) is 0 Å². The Labute approximate surface area is 562 Å². The number of fused-ring (bicyclic) bond motifs is 7. The van der Waals surface area contributed by atoms with Crippen molar-refractivity contribution in [3.63, 3.8) is 0 Å². The van der Waals surface area contributed by atoms with Crippen LogP contribution in [0.5, 0.6) is 11.5 Å². The summed E-state index contributed by atoms with van der Waals surface area (Å²) in [5.74, 6) is 1.66. The lowest BCUT2D eigenvalue weighted by Gasteiger charge is -2.47. The van der Waals surface area contributed by atoms with Crippen LogP contribution in [0.3, 0.4) is 0 Å². The van der Waals surface area contributed by atoms with Crippen LogP contribution in [0.25, 0.3) is 39.5 Å². The lowest BCUT2D eigenvalue weighted by Crippen LogP contribution is -2.61. The van der Waals surface area contributed by atoms with E-state index in [0.717, 1.165) is 90.3 Å². The highest BCUT2D eigenvalue weighted by Gasteiger charge is 2.50. The van der Waals surface area contributed by atoms with E-state index in [4.69, 9.17) is 4.74 Å². The average molecular weight is 1230 g/mol. The number of ether oxygens (including phenoxy) is 1. The maximum absolute atomic E-state index is 7.53. The summed E-state index contributed by atoms with van der Waals surface area (Å²) in [6.07, 6.45) is 4.73. The molecule has 4 nitrogen and oxygen atoms in total. The Kier molecular flexibility index (Phi) is 13.9. The zero-order chi connectivity index (χ0) is 65.3. The van der Waals surface area contributed by atoms with Gasteiger partial charge in [0, 0.05) is 62.4 Å². The minimum Gasteiger partial charge on any atom is -0.457 e. The summed E-state index contributed by atoms with van der Waals surface area (Å²) >= 11 is 0. The molecule has 0 bridgehead atoms. The molecule has 16 rings (SSSR count). The second-order valence-corrected chi connectivity index (χ2v) is 30.2. The zero-order valence-electron chi connectivity index (χ0n) is 56.5. The normalized spacial score (nSPS) is 14.8. The van der Waals surface area contributed by atoms with Gasteiger partial charge < -0.3 is 19.4 Å². The van der Waals surface area contributed by atoms with Crippen LogP contribution < -0.4 is 35.8 Å². The number of hydrogen-bond acceptors (Lipinski definition) is 4. The third-order valence-corrected chi connectivity index (χ3v) is 20.6. The van der Waals surface area contributed by atoms with Crippen molar-refractivity contribution in [2.45, 2.75) is 103 Å². The SMILES string of the molecule is CC(C)(C)c1cc(-c2cc3c4c(c2)N(c2ccccc2-c2ccccc2)c2cc5c(cc2B4c2ccc(N4c6ccc(C(C)(C)C)cc6C=CC4(C)C)cc2N3c2ccccc2-c2ccccc2)C(c2ccccc2)(c2ccccc2)c2ccccc2O5)cc(C(C)(C)C)c1. The number of para-hydroxylation sites is 3. The van der Waals surface area contributed by atoms with Gasteiger partial charge in [-0.3, -0.25) is 0 Å². The van der Waals surface area contributed by atoms with Crippen molar-refractivity contribution in [2.24, 2.45) is 0 Å². The molecule has 0 N–H and O–H groups in total.